The Balaban J connectivity index is 2.58. The molecule has 2 rings (SSSR count). The lowest BCUT2D eigenvalue weighted by molar-refractivity contribution is -0.384. The molecule has 0 saturated carbocycles. The summed E-state index contributed by atoms with van der Waals surface area (Å²) in [6.45, 7) is 1.38. The summed E-state index contributed by atoms with van der Waals surface area (Å²) < 4.78 is 0.451. The van der Waals surface area contributed by atoms with Gasteiger partial charge in [-0.3, -0.25) is 14.9 Å². The number of carbonyl (C=O) groups is 1. The minimum absolute atomic E-state index is 0.00252. The van der Waals surface area contributed by atoms with Crippen LogP contribution >= 0.6 is 15.9 Å². The van der Waals surface area contributed by atoms with E-state index in [4.69, 9.17) is 0 Å². The first-order valence-electron chi connectivity index (χ1n) is 4.99. The van der Waals surface area contributed by atoms with Crippen molar-refractivity contribution >= 4 is 44.1 Å². The summed E-state index contributed by atoms with van der Waals surface area (Å²) in [6.07, 6.45) is 0. The fraction of sp³-hybridized carbons (Fsp3) is 0.0909. The van der Waals surface area contributed by atoms with Gasteiger partial charge in [0.25, 0.3) is 5.69 Å². The maximum atomic E-state index is 10.9. The highest BCUT2D eigenvalue weighted by Gasteiger charge is 2.10. The molecule has 6 nitrogen and oxygen atoms in total. The third-order valence-corrected chi connectivity index (χ3v) is 2.89. The number of pyridine rings is 1. The van der Waals surface area contributed by atoms with E-state index in [0.29, 0.717) is 15.8 Å². The van der Waals surface area contributed by atoms with E-state index >= 15 is 0 Å². The van der Waals surface area contributed by atoms with E-state index in [-0.39, 0.29) is 11.6 Å². The number of hydrogen-bond donors (Lipinski definition) is 1. The minimum Gasteiger partial charge on any atom is -0.311 e. The van der Waals surface area contributed by atoms with Crippen molar-refractivity contribution in [3.05, 3.63) is 39.0 Å². The van der Waals surface area contributed by atoms with Crippen molar-refractivity contribution in [1.29, 1.82) is 0 Å². The van der Waals surface area contributed by atoms with Gasteiger partial charge in [-0.05, 0) is 33.4 Å². The average Bonchev–Trinajstić information content (AvgIpc) is 2.27. The second-order valence-corrected chi connectivity index (χ2v) is 4.39. The highest BCUT2D eigenvalue weighted by molar-refractivity contribution is 9.10. The molecule has 0 spiro atoms. The molecule has 1 aromatic heterocycles. The number of non-ortho nitro benzene ring substituents is 1. The summed E-state index contributed by atoms with van der Waals surface area (Å²) >= 11 is 3.24. The summed E-state index contributed by atoms with van der Waals surface area (Å²) in [5.74, 6) is 0.173. The number of benzene rings is 1. The van der Waals surface area contributed by atoms with Crippen molar-refractivity contribution < 1.29 is 9.72 Å². The van der Waals surface area contributed by atoms with Crippen molar-refractivity contribution in [2.45, 2.75) is 6.92 Å². The van der Waals surface area contributed by atoms with E-state index in [9.17, 15) is 14.9 Å². The molecule has 0 fully saturated rings. The van der Waals surface area contributed by atoms with Crippen LogP contribution in [0, 0.1) is 10.1 Å². The lowest BCUT2D eigenvalue weighted by Crippen LogP contribution is -2.07. The number of hydrogen-bond acceptors (Lipinski definition) is 4. The molecule has 0 bridgehead atoms. The molecular weight excluding hydrogens is 302 g/mol. The Bertz CT molecular complexity index is 657. The van der Waals surface area contributed by atoms with Crippen LogP contribution in [0.2, 0.25) is 0 Å². The Morgan fingerprint density at radius 2 is 2.17 bits per heavy atom. The number of halogens is 1. The van der Waals surface area contributed by atoms with Crippen LogP contribution in [0.3, 0.4) is 0 Å². The van der Waals surface area contributed by atoms with E-state index < -0.39 is 4.92 Å². The first kappa shape index (κ1) is 12.4. The number of fused-ring (bicyclic) bond motifs is 1. The van der Waals surface area contributed by atoms with E-state index in [0.717, 1.165) is 5.39 Å². The minimum atomic E-state index is -0.465. The molecular formula is C11H8BrN3O3. The number of anilines is 1. The molecule has 1 heterocycles. The Hall–Kier alpha value is -2.02. The largest absolute Gasteiger partial charge is 0.311 e. The number of amides is 1. The number of rotatable bonds is 2. The number of nitro groups is 1. The fourth-order valence-electron chi connectivity index (χ4n) is 1.55. The predicted octanol–water partition coefficient (Wildman–Crippen LogP) is 2.86. The van der Waals surface area contributed by atoms with Gasteiger partial charge in [0.15, 0.2) is 0 Å². The Labute approximate surface area is 110 Å². The van der Waals surface area contributed by atoms with Crippen LogP contribution in [0.1, 0.15) is 6.92 Å². The van der Waals surface area contributed by atoms with Gasteiger partial charge in [0.05, 0.1) is 4.92 Å². The molecule has 18 heavy (non-hydrogen) atoms. The zero-order chi connectivity index (χ0) is 13.3. The summed E-state index contributed by atoms with van der Waals surface area (Å²) in [6, 6.07) is 6.12. The predicted molar refractivity (Wildman–Crippen MR) is 70.4 cm³/mol. The normalized spacial score (nSPS) is 10.3. The molecule has 2 aromatic rings. The first-order chi connectivity index (χ1) is 8.47. The molecule has 1 N–H and O–H groups in total. The van der Waals surface area contributed by atoms with Crippen molar-refractivity contribution in [2.24, 2.45) is 0 Å². The van der Waals surface area contributed by atoms with Gasteiger partial charge in [-0.1, -0.05) is 0 Å². The topological polar surface area (TPSA) is 85.1 Å². The highest BCUT2D eigenvalue weighted by atomic mass is 79.9. The maximum absolute atomic E-state index is 10.9. The monoisotopic (exact) mass is 309 g/mol. The molecule has 0 saturated heterocycles. The molecule has 1 amide bonds. The average molecular weight is 310 g/mol. The quantitative estimate of drug-likeness (QED) is 0.525. The fourth-order valence-corrected chi connectivity index (χ4v) is 2.09. The highest BCUT2D eigenvalue weighted by Crippen LogP contribution is 2.28. The van der Waals surface area contributed by atoms with Crippen LogP contribution in [0.4, 0.5) is 11.5 Å². The van der Waals surface area contributed by atoms with Crippen LogP contribution in [-0.2, 0) is 4.79 Å². The van der Waals surface area contributed by atoms with E-state index in [1.165, 1.54) is 19.1 Å². The van der Waals surface area contributed by atoms with Gasteiger partial charge in [-0.25, -0.2) is 4.98 Å². The van der Waals surface area contributed by atoms with E-state index in [1.807, 2.05) is 0 Å². The van der Waals surface area contributed by atoms with Crippen LogP contribution in [0.15, 0.2) is 28.9 Å². The number of nitrogens with one attached hydrogen (secondary N) is 1. The van der Waals surface area contributed by atoms with Gasteiger partial charge in [0.2, 0.25) is 5.91 Å². The van der Waals surface area contributed by atoms with E-state index in [1.54, 1.807) is 12.1 Å². The molecule has 0 unspecified atom stereocenters. The van der Waals surface area contributed by atoms with Crippen LogP contribution in [0.5, 0.6) is 0 Å². The van der Waals surface area contributed by atoms with Gasteiger partial charge in [0.1, 0.15) is 10.4 Å². The summed E-state index contributed by atoms with van der Waals surface area (Å²) in [4.78, 5) is 25.3. The first-order valence-corrected chi connectivity index (χ1v) is 5.79. The summed E-state index contributed by atoms with van der Waals surface area (Å²) in [7, 11) is 0. The standard InChI is InChI=1S/C11H8BrN3O3/c1-6(16)13-10-4-7-2-3-8(15(17)18)5-9(7)11(12)14-10/h2-5H,1H3,(H,13,14,16). The molecule has 0 aliphatic carbocycles. The number of aromatic nitrogens is 1. The lowest BCUT2D eigenvalue weighted by atomic mass is 10.1. The van der Waals surface area contributed by atoms with Gasteiger partial charge in [0, 0.05) is 24.4 Å². The number of nitrogens with zero attached hydrogens (tertiary/aromatic N) is 2. The molecule has 0 aliphatic heterocycles. The molecule has 0 atom stereocenters. The van der Waals surface area contributed by atoms with Crippen LogP contribution in [-0.4, -0.2) is 15.8 Å². The smallest absolute Gasteiger partial charge is 0.270 e. The second-order valence-electron chi connectivity index (χ2n) is 3.64. The molecule has 7 heteroatoms. The summed E-state index contributed by atoms with van der Waals surface area (Å²) in [5, 5.41) is 14.6. The molecule has 92 valence electrons. The van der Waals surface area contributed by atoms with Gasteiger partial charge < -0.3 is 5.32 Å². The molecule has 0 aliphatic rings. The molecule has 0 radical (unpaired) electrons. The third kappa shape index (κ3) is 2.45. The van der Waals surface area contributed by atoms with E-state index in [2.05, 4.69) is 26.2 Å². The zero-order valence-electron chi connectivity index (χ0n) is 9.31. The lowest BCUT2D eigenvalue weighted by Gasteiger charge is -2.05. The Kier molecular flexibility index (Phi) is 3.24. The van der Waals surface area contributed by atoms with Crippen LogP contribution < -0.4 is 5.32 Å². The van der Waals surface area contributed by atoms with Gasteiger partial charge >= 0.3 is 0 Å². The van der Waals surface area contributed by atoms with Crippen molar-refractivity contribution in [2.75, 3.05) is 5.32 Å². The zero-order valence-corrected chi connectivity index (χ0v) is 10.9. The van der Waals surface area contributed by atoms with Crippen LogP contribution in [0.25, 0.3) is 10.8 Å². The Morgan fingerprint density at radius 1 is 1.44 bits per heavy atom. The maximum Gasteiger partial charge on any atom is 0.270 e. The van der Waals surface area contributed by atoms with Crippen molar-refractivity contribution in [3.63, 3.8) is 0 Å². The Morgan fingerprint density at radius 3 is 2.78 bits per heavy atom. The van der Waals surface area contributed by atoms with Crippen molar-refractivity contribution in [3.8, 4) is 0 Å². The summed E-state index contributed by atoms with van der Waals surface area (Å²) in [5.41, 5.74) is -0.00252. The second kappa shape index (κ2) is 4.69. The number of nitro benzene ring substituents is 1. The van der Waals surface area contributed by atoms with Gasteiger partial charge in [-0.15, -0.1) is 0 Å². The number of carbonyl (C=O) groups excluding carboxylic acids is 1. The molecule has 1 aromatic carbocycles. The van der Waals surface area contributed by atoms with Gasteiger partial charge in [-0.2, -0.15) is 0 Å². The SMILES string of the molecule is CC(=O)Nc1cc2ccc([N+](=O)[O-])cc2c(Br)n1. The van der Waals surface area contributed by atoms with Crippen molar-refractivity contribution in [1.82, 2.24) is 4.98 Å². The third-order valence-electron chi connectivity index (χ3n) is 2.28.